The van der Waals surface area contributed by atoms with Crippen molar-refractivity contribution in [1.82, 2.24) is 4.90 Å². The number of halogens is 2. The fraction of sp³-hybridized carbons (Fsp3) is 0.333. The summed E-state index contributed by atoms with van der Waals surface area (Å²) in [7, 11) is 1.74. The average molecular weight is 417 g/mol. The van der Waals surface area contributed by atoms with Crippen molar-refractivity contribution in [3.8, 4) is 0 Å². The number of piperazine rings is 1. The molecule has 6 nitrogen and oxygen atoms in total. The van der Waals surface area contributed by atoms with Crippen molar-refractivity contribution < 1.29 is 14.0 Å². The summed E-state index contributed by atoms with van der Waals surface area (Å²) in [5, 5.41) is 3.03. The van der Waals surface area contributed by atoms with Crippen LogP contribution in [-0.2, 0) is 16.0 Å². The van der Waals surface area contributed by atoms with Gasteiger partial charge in [-0.05, 0) is 35.9 Å². The first-order valence-electron chi connectivity index (χ1n) is 9.52. The molecular weight excluding hydrogens is 395 g/mol. The highest BCUT2D eigenvalue weighted by Gasteiger charge is 2.24. The van der Waals surface area contributed by atoms with Gasteiger partial charge in [0.15, 0.2) is 0 Å². The van der Waals surface area contributed by atoms with Crippen molar-refractivity contribution >= 4 is 40.5 Å². The van der Waals surface area contributed by atoms with Crippen LogP contribution in [0.3, 0.4) is 0 Å². The van der Waals surface area contributed by atoms with Crippen molar-refractivity contribution in [2.45, 2.75) is 6.42 Å². The molecule has 2 heterocycles. The monoisotopic (exact) mass is 416 g/mol. The Bertz CT molecular complexity index is 960. The van der Waals surface area contributed by atoms with Crippen LogP contribution in [-0.4, -0.2) is 56.5 Å². The second kappa shape index (κ2) is 8.00. The highest BCUT2D eigenvalue weighted by molar-refractivity contribution is 6.30. The summed E-state index contributed by atoms with van der Waals surface area (Å²) in [4.78, 5) is 30.0. The molecule has 8 heteroatoms. The second-order valence-electron chi connectivity index (χ2n) is 7.38. The van der Waals surface area contributed by atoms with Crippen LogP contribution in [0.4, 0.5) is 21.5 Å². The molecule has 0 spiro atoms. The number of benzene rings is 2. The van der Waals surface area contributed by atoms with Crippen LogP contribution < -0.4 is 15.1 Å². The molecule has 0 aliphatic carbocycles. The number of amides is 2. The van der Waals surface area contributed by atoms with E-state index in [1.165, 1.54) is 6.07 Å². The first-order chi connectivity index (χ1) is 13.9. The minimum absolute atomic E-state index is 0.0573. The van der Waals surface area contributed by atoms with Crippen molar-refractivity contribution in [3.05, 3.63) is 52.8 Å². The van der Waals surface area contributed by atoms with E-state index >= 15 is 0 Å². The quantitative estimate of drug-likeness (QED) is 0.832. The van der Waals surface area contributed by atoms with Gasteiger partial charge in [-0.3, -0.25) is 14.5 Å². The molecule has 2 aliphatic rings. The van der Waals surface area contributed by atoms with Crippen LogP contribution >= 0.6 is 11.6 Å². The number of hydrogen-bond donors (Lipinski definition) is 1. The van der Waals surface area contributed by atoms with E-state index in [0.29, 0.717) is 38.3 Å². The smallest absolute Gasteiger partial charge is 0.238 e. The lowest BCUT2D eigenvalue weighted by molar-refractivity contribution is -0.118. The third kappa shape index (κ3) is 4.21. The molecule has 29 heavy (non-hydrogen) atoms. The fourth-order valence-corrected chi connectivity index (χ4v) is 3.89. The number of nitrogens with one attached hydrogen (secondary N) is 1. The summed E-state index contributed by atoms with van der Waals surface area (Å²) in [6.45, 7) is 3.12. The summed E-state index contributed by atoms with van der Waals surface area (Å²) < 4.78 is 13.7. The Balaban J connectivity index is 1.30. The normalized spacial score (nSPS) is 16.9. The molecule has 2 amide bonds. The Morgan fingerprint density at radius 3 is 2.62 bits per heavy atom. The molecule has 1 N–H and O–H groups in total. The van der Waals surface area contributed by atoms with E-state index in [1.807, 2.05) is 24.3 Å². The van der Waals surface area contributed by atoms with Gasteiger partial charge in [0.2, 0.25) is 11.8 Å². The van der Waals surface area contributed by atoms with Gasteiger partial charge < -0.3 is 15.1 Å². The summed E-state index contributed by atoms with van der Waals surface area (Å²) in [6.07, 6.45) is 0.405. The third-order valence-corrected chi connectivity index (χ3v) is 5.76. The minimum atomic E-state index is -0.423. The fourth-order valence-electron chi connectivity index (χ4n) is 3.77. The lowest BCUT2D eigenvalue weighted by Gasteiger charge is -2.35. The molecule has 0 aromatic heterocycles. The van der Waals surface area contributed by atoms with Gasteiger partial charge in [0.25, 0.3) is 0 Å². The van der Waals surface area contributed by atoms with Gasteiger partial charge in [0, 0.05) is 50.3 Å². The van der Waals surface area contributed by atoms with Crippen molar-refractivity contribution in [2.75, 3.05) is 54.9 Å². The van der Waals surface area contributed by atoms with E-state index in [1.54, 1.807) is 18.0 Å². The maximum Gasteiger partial charge on any atom is 0.238 e. The molecular formula is C21H22ClFN4O2. The molecule has 0 unspecified atom stereocenters. The van der Waals surface area contributed by atoms with E-state index in [-0.39, 0.29) is 23.4 Å². The lowest BCUT2D eigenvalue weighted by Crippen LogP contribution is -2.48. The molecule has 0 saturated carbocycles. The second-order valence-corrected chi connectivity index (χ2v) is 7.79. The van der Waals surface area contributed by atoms with Gasteiger partial charge in [0.1, 0.15) is 5.82 Å². The Kier molecular flexibility index (Phi) is 5.43. The van der Waals surface area contributed by atoms with Gasteiger partial charge in [-0.1, -0.05) is 17.7 Å². The first-order valence-corrected chi connectivity index (χ1v) is 9.90. The highest BCUT2D eigenvalue weighted by Crippen LogP contribution is 2.30. The molecule has 0 atom stereocenters. The standard InChI is InChI=1S/C21H22ClFN4O2/c1-25-19-11-15(3-2-14(19)10-21(25)29)24-20(28)13-26-6-8-27(9-7-26)16-4-5-17(22)18(23)12-16/h2-5,11-12H,6-10,13H2,1H3,(H,24,28). The number of anilines is 3. The van der Waals surface area contributed by atoms with Gasteiger partial charge in [0.05, 0.1) is 18.0 Å². The summed E-state index contributed by atoms with van der Waals surface area (Å²) in [5.41, 5.74) is 3.31. The summed E-state index contributed by atoms with van der Waals surface area (Å²) in [5.74, 6) is -0.461. The van der Waals surface area contributed by atoms with Crippen LogP contribution in [0.25, 0.3) is 0 Å². The van der Waals surface area contributed by atoms with Gasteiger partial charge in [-0.2, -0.15) is 0 Å². The number of hydrogen-bond acceptors (Lipinski definition) is 4. The Labute approximate surface area is 173 Å². The maximum absolute atomic E-state index is 13.7. The zero-order chi connectivity index (χ0) is 20.5. The zero-order valence-corrected chi connectivity index (χ0v) is 16.9. The summed E-state index contributed by atoms with van der Waals surface area (Å²) >= 11 is 5.75. The molecule has 1 fully saturated rings. The first kappa shape index (κ1) is 19.7. The lowest BCUT2D eigenvalue weighted by atomic mass is 10.1. The van der Waals surface area contributed by atoms with Crippen molar-refractivity contribution in [3.63, 3.8) is 0 Å². The Morgan fingerprint density at radius 2 is 1.90 bits per heavy atom. The molecule has 152 valence electrons. The highest BCUT2D eigenvalue weighted by atomic mass is 35.5. The number of likely N-dealkylation sites (N-methyl/N-ethyl adjacent to an activating group) is 1. The molecule has 2 aliphatic heterocycles. The molecule has 2 aromatic carbocycles. The number of carbonyl (C=O) groups excluding carboxylic acids is 2. The van der Waals surface area contributed by atoms with Gasteiger partial charge in [-0.15, -0.1) is 0 Å². The topological polar surface area (TPSA) is 55.9 Å². The van der Waals surface area contributed by atoms with E-state index in [9.17, 15) is 14.0 Å². The molecule has 2 aromatic rings. The van der Waals surface area contributed by atoms with Gasteiger partial charge >= 0.3 is 0 Å². The molecule has 0 bridgehead atoms. The molecule has 4 rings (SSSR count). The summed E-state index contributed by atoms with van der Waals surface area (Å²) in [6, 6.07) is 10.4. The molecule has 0 radical (unpaired) electrons. The van der Waals surface area contributed by atoms with Crippen LogP contribution in [0, 0.1) is 5.82 Å². The van der Waals surface area contributed by atoms with E-state index in [0.717, 1.165) is 16.9 Å². The largest absolute Gasteiger partial charge is 0.369 e. The van der Waals surface area contributed by atoms with Crippen LogP contribution in [0.2, 0.25) is 5.02 Å². The van der Waals surface area contributed by atoms with Crippen molar-refractivity contribution in [1.29, 1.82) is 0 Å². The third-order valence-electron chi connectivity index (χ3n) is 5.45. The van der Waals surface area contributed by atoms with Crippen LogP contribution in [0.15, 0.2) is 36.4 Å². The molecule has 1 saturated heterocycles. The zero-order valence-electron chi connectivity index (χ0n) is 16.1. The van der Waals surface area contributed by atoms with E-state index in [2.05, 4.69) is 15.1 Å². The predicted molar refractivity (Wildman–Crippen MR) is 112 cm³/mol. The number of rotatable bonds is 4. The number of fused-ring (bicyclic) bond motifs is 1. The SMILES string of the molecule is CN1C(=O)Cc2ccc(NC(=O)CN3CCN(c4ccc(Cl)c(F)c4)CC3)cc21. The van der Waals surface area contributed by atoms with E-state index in [4.69, 9.17) is 11.6 Å². The average Bonchev–Trinajstić information content (AvgIpc) is 2.98. The minimum Gasteiger partial charge on any atom is -0.369 e. The predicted octanol–water partition coefficient (Wildman–Crippen LogP) is 2.76. The number of nitrogens with zero attached hydrogens (tertiary/aromatic N) is 3. The Hall–Kier alpha value is -2.64. The van der Waals surface area contributed by atoms with Crippen molar-refractivity contribution in [2.24, 2.45) is 0 Å². The van der Waals surface area contributed by atoms with Crippen LogP contribution in [0.5, 0.6) is 0 Å². The number of carbonyl (C=O) groups is 2. The van der Waals surface area contributed by atoms with Gasteiger partial charge in [-0.25, -0.2) is 4.39 Å². The maximum atomic E-state index is 13.7. The van der Waals surface area contributed by atoms with E-state index < -0.39 is 5.82 Å². The van der Waals surface area contributed by atoms with Crippen LogP contribution in [0.1, 0.15) is 5.56 Å². The Morgan fingerprint density at radius 1 is 1.14 bits per heavy atom.